The van der Waals surface area contributed by atoms with Crippen LogP contribution in [0.4, 0.5) is 9.18 Å². The summed E-state index contributed by atoms with van der Waals surface area (Å²) >= 11 is 0. The van der Waals surface area contributed by atoms with Gasteiger partial charge in [0, 0.05) is 24.1 Å². The first kappa shape index (κ1) is 17.5. The number of carbonyl (C=O) groups excluding carboxylic acids is 1. The molecule has 5 heteroatoms. The third-order valence-electron chi connectivity index (χ3n) is 2.47. The SMILES string of the molecule is CC(C)(C)OC(=O)NCCC#Cc1ccc(CC#N)c(F)c1. The molecule has 0 radical (unpaired) electrons. The summed E-state index contributed by atoms with van der Waals surface area (Å²) in [4.78, 5) is 11.4. The van der Waals surface area contributed by atoms with Crippen LogP contribution in [0.2, 0.25) is 0 Å². The summed E-state index contributed by atoms with van der Waals surface area (Å²) in [6.45, 7) is 5.72. The number of ether oxygens (including phenoxy) is 1. The molecule has 0 bridgehead atoms. The molecule has 1 rings (SSSR count). The predicted octanol–water partition coefficient (Wildman–Crippen LogP) is 3.16. The van der Waals surface area contributed by atoms with Crippen LogP contribution in [0.1, 0.15) is 38.3 Å². The number of hydrogen-bond donors (Lipinski definition) is 1. The zero-order chi connectivity index (χ0) is 16.6. The fraction of sp³-hybridized carbons (Fsp3) is 0.412. The number of nitrogens with zero attached hydrogens (tertiary/aromatic N) is 1. The van der Waals surface area contributed by atoms with Crippen LogP contribution in [0, 0.1) is 29.0 Å². The number of amides is 1. The molecular formula is C17H19FN2O2. The quantitative estimate of drug-likeness (QED) is 0.689. The molecule has 0 heterocycles. The second-order valence-electron chi connectivity index (χ2n) is 5.62. The van der Waals surface area contributed by atoms with Gasteiger partial charge in [-0.05, 0) is 32.9 Å². The molecule has 22 heavy (non-hydrogen) atoms. The van der Waals surface area contributed by atoms with Crippen molar-refractivity contribution in [1.82, 2.24) is 5.32 Å². The highest BCUT2D eigenvalue weighted by atomic mass is 19.1. The van der Waals surface area contributed by atoms with E-state index in [4.69, 9.17) is 10.00 Å². The van der Waals surface area contributed by atoms with Crippen LogP contribution in [0.25, 0.3) is 0 Å². The lowest BCUT2D eigenvalue weighted by molar-refractivity contribution is 0.0529. The van der Waals surface area contributed by atoms with Crippen molar-refractivity contribution in [1.29, 1.82) is 5.26 Å². The number of nitrogens with one attached hydrogen (secondary N) is 1. The van der Waals surface area contributed by atoms with Gasteiger partial charge in [0.1, 0.15) is 11.4 Å². The van der Waals surface area contributed by atoms with Crippen molar-refractivity contribution < 1.29 is 13.9 Å². The van der Waals surface area contributed by atoms with Crippen molar-refractivity contribution in [3.05, 3.63) is 35.1 Å². The summed E-state index contributed by atoms with van der Waals surface area (Å²) in [5, 5.41) is 11.1. The van der Waals surface area contributed by atoms with Gasteiger partial charge in [0.15, 0.2) is 0 Å². The largest absolute Gasteiger partial charge is 0.444 e. The Morgan fingerprint density at radius 3 is 2.73 bits per heavy atom. The number of nitriles is 1. The molecular weight excluding hydrogens is 283 g/mol. The summed E-state index contributed by atoms with van der Waals surface area (Å²) in [6, 6.07) is 6.44. The van der Waals surface area contributed by atoms with Gasteiger partial charge in [0.25, 0.3) is 0 Å². The zero-order valence-electron chi connectivity index (χ0n) is 13.0. The minimum Gasteiger partial charge on any atom is -0.444 e. The summed E-state index contributed by atoms with van der Waals surface area (Å²) in [5.41, 5.74) is 0.370. The fourth-order valence-corrected chi connectivity index (χ4v) is 1.56. The van der Waals surface area contributed by atoms with Crippen molar-refractivity contribution >= 4 is 6.09 Å². The summed E-state index contributed by atoms with van der Waals surface area (Å²) in [7, 11) is 0. The molecule has 0 unspecified atom stereocenters. The number of benzene rings is 1. The van der Waals surface area contributed by atoms with E-state index in [0.29, 0.717) is 24.1 Å². The van der Waals surface area contributed by atoms with Gasteiger partial charge in [-0.25, -0.2) is 9.18 Å². The standard InChI is InChI=1S/C17H19FN2O2/c1-17(2,3)22-16(21)20-11-5-4-6-13-7-8-14(9-10-19)15(18)12-13/h7-8,12H,5,9,11H2,1-3H3,(H,20,21). The normalized spacial score (nSPS) is 10.1. The van der Waals surface area contributed by atoms with Gasteiger partial charge in [-0.2, -0.15) is 5.26 Å². The third-order valence-corrected chi connectivity index (χ3v) is 2.47. The Morgan fingerprint density at radius 2 is 2.14 bits per heavy atom. The lowest BCUT2D eigenvalue weighted by Gasteiger charge is -2.19. The molecule has 1 aromatic carbocycles. The Kier molecular flexibility index (Phi) is 6.41. The second-order valence-corrected chi connectivity index (χ2v) is 5.62. The maximum absolute atomic E-state index is 13.6. The number of alkyl carbamates (subject to hydrolysis) is 1. The number of rotatable bonds is 3. The minimum absolute atomic E-state index is 0.0410. The molecule has 0 aliphatic heterocycles. The molecule has 0 aliphatic carbocycles. The summed E-state index contributed by atoms with van der Waals surface area (Å²) in [6.07, 6.45) is -0.0126. The highest BCUT2D eigenvalue weighted by Gasteiger charge is 2.15. The van der Waals surface area contributed by atoms with Gasteiger partial charge in [-0.15, -0.1) is 0 Å². The number of carbonyl (C=O) groups is 1. The molecule has 1 N–H and O–H groups in total. The smallest absolute Gasteiger partial charge is 0.407 e. The first-order chi connectivity index (χ1) is 10.3. The molecule has 0 fully saturated rings. The zero-order valence-corrected chi connectivity index (χ0v) is 13.0. The molecule has 0 atom stereocenters. The van der Waals surface area contributed by atoms with E-state index in [9.17, 15) is 9.18 Å². The van der Waals surface area contributed by atoms with E-state index in [2.05, 4.69) is 17.2 Å². The molecule has 0 saturated carbocycles. The molecule has 0 aliphatic rings. The van der Waals surface area contributed by atoms with Crippen LogP contribution in [-0.4, -0.2) is 18.2 Å². The van der Waals surface area contributed by atoms with Gasteiger partial charge in [0.05, 0.1) is 12.5 Å². The van der Waals surface area contributed by atoms with Gasteiger partial charge in [-0.3, -0.25) is 0 Å². The van der Waals surface area contributed by atoms with Gasteiger partial charge < -0.3 is 10.1 Å². The third kappa shape index (κ3) is 6.76. The fourth-order valence-electron chi connectivity index (χ4n) is 1.56. The monoisotopic (exact) mass is 302 g/mol. The van der Waals surface area contributed by atoms with Gasteiger partial charge in [0.2, 0.25) is 0 Å². The van der Waals surface area contributed by atoms with Crippen molar-refractivity contribution in [2.75, 3.05) is 6.54 Å². The van der Waals surface area contributed by atoms with E-state index in [1.165, 1.54) is 6.07 Å². The Morgan fingerprint density at radius 1 is 1.41 bits per heavy atom. The predicted molar refractivity (Wildman–Crippen MR) is 81.4 cm³/mol. The second kappa shape index (κ2) is 8.05. The summed E-state index contributed by atoms with van der Waals surface area (Å²) in [5.74, 6) is 5.23. The average molecular weight is 302 g/mol. The van der Waals surface area contributed by atoms with Crippen LogP contribution in [-0.2, 0) is 11.2 Å². The lowest BCUT2D eigenvalue weighted by Crippen LogP contribution is -2.32. The minimum atomic E-state index is -0.529. The Hall–Kier alpha value is -2.53. The van der Waals surface area contributed by atoms with Crippen LogP contribution >= 0.6 is 0 Å². The van der Waals surface area contributed by atoms with Crippen LogP contribution < -0.4 is 5.32 Å². The van der Waals surface area contributed by atoms with E-state index in [0.717, 1.165) is 0 Å². The van der Waals surface area contributed by atoms with Gasteiger partial charge in [-0.1, -0.05) is 17.9 Å². The highest BCUT2D eigenvalue weighted by Crippen LogP contribution is 2.10. The average Bonchev–Trinajstić information content (AvgIpc) is 2.39. The molecule has 0 saturated heterocycles. The first-order valence-electron chi connectivity index (χ1n) is 6.93. The van der Waals surface area contributed by atoms with E-state index in [-0.39, 0.29) is 6.42 Å². The maximum atomic E-state index is 13.6. The highest BCUT2D eigenvalue weighted by molar-refractivity contribution is 5.67. The van der Waals surface area contributed by atoms with Crippen LogP contribution in [0.3, 0.4) is 0 Å². The van der Waals surface area contributed by atoms with Crippen LogP contribution in [0.15, 0.2) is 18.2 Å². The first-order valence-corrected chi connectivity index (χ1v) is 6.93. The topological polar surface area (TPSA) is 62.1 Å². The van der Waals surface area contributed by atoms with Crippen LogP contribution in [0.5, 0.6) is 0 Å². The van der Waals surface area contributed by atoms with E-state index in [1.54, 1.807) is 32.9 Å². The maximum Gasteiger partial charge on any atom is 0.407 e. The molecule has 4 nitrogen and oxygen atoms in total. The number of halogens is 1. The summed E-state index contributed by atoms with van der Waals surface area (Å²) < 4.78 is 18.7. The van der Waals surface area contributed by atoms with Gasteiger partial charge >= 0.3 is 6.09 Å². The number of hydrogen-bond acceptors (Lipinski definition) is 3. The molecule has 0 spiro atoms. The molecule has 1 aromatic rings. The molecule has 116 valence electrons. The van der Waals surface area contributed by atoms with E-state index < -0.39 is 17.5 Å². The van der Waals surface area contributed by atoms with Crippen molar-refractivity contribution in [2.45, 2.75) is 39.2 Å². The Bertz CT molecular complexity index is 631. The molecule has 0 aromatic heterocycles. The Balaban J connectivity index is 2.44. The van der Waals surface area contributed by atoms with Crippen molar-refractivity contribution in [3.8, 4) is 17.9 Å². The van der Waals surface area contributed by atoms with E-state index in [1.807, 2.05) is 6.07 Å². The Labute approximate surface area is 130 Å². The van der Waals surface area contributed by atoms with Crippen molar-refractivity contribution in [2.24, 2.45) is 0 Å². The lowest BCUT2D eigenvalue weighted by atomic mass is 10.1. The molecule has 1 amide bonds. The van der Waals surface area contributed by atoms with E-state index >= 15 is 0 Å². The van der Waals surface area contributed by atoms with Crippen molar-refractivity contribution in [3.63, 3.8) is 0 Å².